The molecular formula is C9H11IN2. The summed E-state index contributed by atoms with van der Waals surface area (Å²) in [5.74, 6) is 0.604. The Kier molecular flexibility index (Phi) is 2.63. The van der Waals surface area contributed by atoms with Crippen LogP contribution in [0.2, 0.25) is 0 Å². The topological polar surface area (TPSA) is 24.1 Å². The van der Waals surface area contributed by atoms with E-state index in [-0.39, 0.29) is 0 Å². The van der Waals surface area contributed by atoms with Gasteiger partial charge in [-0.05, 0) is 5.56 Å². The van der Waals surface area contributed by atoms with Crippen molar-refractivity contribution in [2.75, 3.05) is 6.54 Å². The zero-order chi connectivity index (χ0) is 8.39. The molecule has 2 atom stereocenters. The van der Waals surface area contributed by atoms with Crippen LogP contribution in [0.1, 0.15) is 11.5 Å². The van der Waals surface area contributed by atoms with Crippen molar-refractivity contribution >= 4 is 22.6 Å². The Labute approximate surface area is 85.9 Å². The van der Waals surface area contributed by atoms with Gasteiger partial charge in [-0.1, -0.05) is 52.9 Å². The van der Waals surface area contributed by atoms with Crippen molar-refractivity contribution in [1.29, 1.82) is 0 Å². The summed E-state index contributed by atoms with van der Waals surface area (Å²) in [6, 6.07) is 10.6. The first-order valence-corrected chi connectivity index (χ1v) is 5.30. The molecule has 0 spiro atoms. The van der Waals surface area contributed by atoms with Gasteiger partial charge in [0.2, 0.25) is 0 Å². The molecule has 1 aromatic rings. The van der Waals surface area contributed by atoms with Crippen molar-refractivity contribution in [2.45, 2.75) is 9.97 Å². The molecule has 0 aliphatic carbocycles. The van der Waals surface area contributed by atoms with Crippen LogP contribution in [0, 0.1) is 0 Å². The minimum absolute atomic E-state index is 0.505. The van der Waals surface area contributed by atoms with Crippen molar-refractivity contribution in [3.63, 3.8) is 0 Å². The van der Waals surface area contributed by atoms with Gasteiger partial charge in [-0.3, -0.25) is 5.43 Å². The predicted octanol–water partition coefficient (Wildman–Crippen LogP) is 1.64. The Bertz CT molecular complexity index is 250. The lowest BCUT2D eigenvalue weighted by molar-refractivity contribution is 0.678. The molecule has 1 aliphatic rings. The van der Waals surface area contributed by atoms with E-state index in [4.69, 9.17) is 0 Å². The molecule has 0 bridgehead atoms. The number of halogens is 1. The van der Waals surface area contributed by atoms with Gasteiger partial charge in [0, 0.05) is 12.5 Å². The van der Waals surface area contributed by atoms with E-state index >= 15 is 0 Å². The van der Waals surface area contributed by atoms with Gasteiger partial charge in [-0.25, -0.2) is 5.43 Å². The molecule has 64 valence electrons. The first kappa shape index (κ1) is 8.47. The SMILES string of the molecule is IC1NNCC1c1ccccc1. The van der Waals surface area contributed by atoms with Gasteiger partial charge >= 0.3 is 0 Å². The molecule has 2 N–H and O–H groups in total. The molecule has 1 heterocycles. The fourth-order valence-electron chi connectivity index (χ4n) is 1.46. The lowest BCUT2D eigenvalue weighted by Crippen LogP contribution is -2.26. The van der Waals surface area contributed by atoms with Gasteiger partial charge in [0.1, 0.15) is 0 Å². The van der Waals surface area contributed by atoms with Crippen molar-refractivity contribution in [1.82, 2.24) is 10.9 Å². The lowest BCUT2D eigenvalue weighted by Gasteiger charge is -2.11. The Balaban J connectivity index is 2.19. The van der Waals surface area contributed by atoms with E-state index in [1.54, 1.807) is 0 Å². The standard InChI is InChI=1S/C9H11IN2/c10-9-8(6-11-12-9)7-4-2-1-3-5-7/h1-5,8-9,11-12H,6H2. The highest BCUT2D eigenvalue weighted by Crippen LogP contribution is 2.25. The zero-order valence-electron chi connectivity index (χ0n) is 6.63. The third-order valence-corrected chi connectivity index (χ3v) is 3.32. The van der Waals surface area contributed by atoms with Gasteiger partial charge in [-0.2, -0.15) is 0 Å². The molecule has 1 aliphatic heterocycles. The maximum atomic E-state index is 3.20. The second kappa shape index (κ2) is 3.72. The molecule has 0 aromatic heterocycles. The van der Waals surface area contributed by atoms with Crippen LogP contribution in [0.4, 0.5) is 0 Å². The summed E-state index contributed by atoms with van der Waals surface area (Å²) < 4.78 is 0.505. The smallest absolute Gasteiger partial charge is 0.0808 e. The van der Waals surface area contributed by atoms with Crippen LogP contribution in [0.25, 0.3) is 0 Å². The second-order valence-corrected chi connectivity index (χ2v) is 4.29. The molecule has 3 heteroatoms. The highest BCUT2D eigenvalue weighted by atomic mass is 127. The van der Waals surface area contributed by atoms with Crippen molar-refractivity contribution in [3.8, 4) is 0 Å². The summed E-state index contributed by atoms with van der Waals surface area (Å²) in [5, 5.41) is 0. The number of alkyl halides is 1. The van der Waals surface area contributed by atoms with Gasteiger partial charge in [0.05, 0.1) is 4.05 Å². The van der Waals surface area contributed by atoms with Crippen molar-refractivity contribution < 1.29 is 0 Å². The number of hydrogen-bond donors (Lipinski definition) is 2. The van der Waals surface area contributed by atoms with Gasteiger partial charge in [-0.15, -0.1) is 0 Å². The third-order valence-electron chi connectivity index (χ3n) is 2.14. The lowest BCUT2D eigenvalue weighted by atomic mass is 10.0. The summed E-state index contributed by atoms with van der Waals surface area (Å²) in [4.78, 5) is 0. The maximum absolute atomic E-state index is 3.20. The van der Waals surface area contributed by atoms with E-state index in [1.807, 2.05) is 0 Å². The Morgan fingerprint density at radius 1 is 1.25 bits per heavy atom. The first-order chi connectivity index (χ1) is 5.88. The van der Waals surface area contributed by atoms with Crippen LogP contribution in [0.3, 0.4) is 0 Å². The molecule has 12 heavy (non-hydrogen) atoms. The molecule has 1 saturated heterocycles. The predicted molar refractivity (Wildman–Crippen MR) is 58.1 cm³/mol. The third kappa shape index (κ3) is 1.62. The molecule has 0 amide bonds. The molecule has 2 nitrogen and oxygen atoms in total. The van der Waals surface area contributed by atoms with Crippen LogP contribution >= 0.6 is 22.6 Å². The van der Waals surface area contributed by atoms with E-state index in [0.29, 0.717) is 9.97 Å². The average Bonchev–Trinajstić information content (AvgIpc) is 2.53. The van der Waals surface area contributed by atoms with E-state index in [2.05, 4.69) is 63.8 Å². The van der Waals surface area contributed by atoms with Crippen LogP contribution < -0.4 is 10.9 Å². The Morgan fingerprint density at radius 3 is 2.58 bits per heavy atom. The highest BCUT2D eigenvalue weighted by Gasteiger charge is 2.24. The number of hydrazine groups is 1. The highest BCUT2D eigenvalue weighted by molar-refractivity contribution is 14.1. The summed E-state index contributed by atoms with van der Waals surface area (Å²) >= 11 is 2.42. The average molecular weight is 274 g/mol. The van der Waals surface area contributed by atoms with Crippen molar-refractivity contribution in [3.05, 3.63) is 35.9 Å². The van der Waals surface area contributed by atoms with Gasteiger partial charge in [0.25, 0.3) is 0 Å². The van der Waals surface area contributed by atoms with Crippen LogP contribution in [-0.2, 0) is 0 Å². The summed E-state index contributed by atoms with van der Waals surface area (Å²) in [6.07, 6.45) is 0. The van der Waals surface area contributed by atoms with E-state index in [0.717, 1.165) is 6.54 Å². The number of nitrogens with one attached hydrogen (secondary N) is 2. The van der Waals surface area contributed by atoms with E-state index in [9.17, 15) is 0 Å². The Morgan fingerprint density at radius 2 is 2.00 bits per heavy atom. The van der Waals surface area contributed by atoms with Crippen LogP contribution in [0.15, 0.2) is 30.3 Å². The number of benzene rings is 1. The quantitative estimate of drug-likeness (QED) is 0.462. The summed E-state index contributed by atoms with van der Waals surface area (Å²) in [7, 11) is 0. The largest absolute Gasteiger partial charge is 0.256 e. The second-order valence-electron chi connectivity index (χ2n) is 2.94. The fraction of sp³-hybridized carbons (Fsp3) is 0.333. The molecule has 0 radical (unpaired) electrons. The van der Waals surface area contributed by atoms with Crippen LogP contribution in [-0.4, -0.2) is 10.6 Å². The first-order valence-electron chi connectivity index (χ1n) is 4.05. The molecule has 2 unspecified atom stereocenters. The molecule has 0 saturated carbocycles. The van der Waals surface area contributed by atoms with E-state index < -0.39 is 0 Å². The summed E-state index contributed by atoms with van der Waals surface area (Å²) in [5.41, 5.74) is 7.78. The minimum Gasteiger partial charge on any atom is -0.256 e. The maximum Gasteiger partial charge on any atom is 0.0808 e. The fourth-order valence-corrected chi connectivity index (χ4v) is 2.35. The zero-order valence-corrected chi connectivity index (χ0v) is 8.78. The normalized spacial score (nSPS) is 29.1. The monoisotopic (exact) mass is 274 g/mol. The molecule has 1 fully saturated rings. The summed E-state index contributed by atoms with van der Waals surface area (Å²) in [6.45, 7) is 1.03. The molecule has 1 aromatic carbocycles. The van der Waals surface area contributed by atoms with Gasteiger partial charge < -0.3 is 0 Å². The molecule has 2 rings (SSSR count). The number of rotatable bonds is 1. The van der Waals surface area contributed by atoms with Crippen molar-refractivity contribution in [2.24, 2.45) is 0 Å². The van der Waals surface area contributed by atoms with E-state index in [1.165, 1.54) is 5.56 Å². The number of hydrogen-bond acceptors (Lipinski definition) is 2. The minimum atomic E-state index is 0.505. The molecular weight excluding hydrogens is 263 g/mol. The van der Waals surface area contributed by atoms with Crippen LogP contribution in [0.5, 0.6) is 0 Å². The Hall–Kier alpha value is -0.130. The van der Waals surface area contributed by atoms with Gasteiger partial charge in [0.15, 0.2) is 0 Å².